The molecule has 0 spiro atoms. The van der Waals surface area contributed by atoms with Crippen molar-refractivity contribution in [2.24, 2.45) is 0 Å². The number of hydrogen-bond acceptors (Lipinski definition) is 1. The third-order valence-corrected chi connectivity index (χ3v) is 4.93. The van der Waals surface area contributed by atoms with Crippen LogP contribution in [0.15, 0.2) is 12.1 Å². The van der Waals surface area contributed by atoms with E-state index in [1.54, 1.807) is 0 Å². The van der Waals surface area contributed by atoms with Crippen LogP contribution in [0.1, 0.15) is 18.1 Å². The zero-order valence-electron chi connectivity index (χ0n) is 7.29. The van der Waals surface area contributed by atoms with E-state index in [1.165, 1.54) is 15.6 Å². The van der Waals surface area contributed by atoms with Crippen molar-refractivity contribution in [3.05, 3.63) is 23.3 Å². The maximum absolute atomic E-state index is 9.59. The Morgan fingerprint density at radius 3 is 2.92 bits per heavy atom. The number of aromatic hydroxyl groups is 1. The van der Waals surface area contributed by atoms with Gasteiger partial charge in [-0.1, -0.05) is 0 Å². The van der Waals surface area contributed by atoms with Crippen molar-refractivity contribution in [1.29, 1.82) is 0 Å². The quantitative estimate of drug-likeness (QED) is 0.664. The Balaban J connectivity index is 2.56. The van der Waals surface area contributed by atoms with Crippen LogP contribution in [0.5, 0.6) is 5.75 Å². The molecule has 2 rings (SSSR count). The van der Waals surface area contributed by atoms with Gasteiger partial charge in [0.05, 0.1) is 0 Å². The number of phenols is 1. The molecule has 0 radical (unpaired) electrons. The van der Waals surface area contributed by atoms with Gasteiger partial charge in [0, 0.05) is 0 Å². The van der Waals surface area contributed by atoms with Crippen molar-refractivity contribution in [3.63, 3.8) is 0 Å². The molecule has 2 heteroatoms. The first-order valence-electron chi connectivity index (χ1n) is 4.16. The first-order chi connectivity index (χ1) is 5.68. The van der Waals surface area contributed by atoms with E-state index in [4.69, 9.17) is 0 Å². The van der Waals surface area contributed by atoms with Crippen molar-refractivity contribution >= 4 is 19.4 Å². The maximum atomic E-state index is 9.59. The Labute approximate surface area is 79.0 Å². The van der Waals surface area contributed by atoms with Gasteiger partial charge in [-0.15, -0.1) is 0 Å². The first-order valence-corrected chi connectivity index (χ1v) is 6.01. The predicted molar refractivity (Wildman–Crippen MR) is 51.4 cm³/mol. The molecule has 1 atom stereocenters. The zero-order valence-corrected chi connectivity index (χ0v) is 9.01. The van der Waals surface area contributed by atoms with Gasteiger partial charge in [0.1, 0.15) is 0 Å². The van der Waals surface area contributed by atoms with Crippen LogP contribution in [0.25, 0.3) is 0 Å². The van der Waals surface area contributed by atoms with Crippen molar-refractivity contribution in [2.75, 3.05) is 0 Å². The summed E-state index contributed by atoms with van der Waals surface area (Å²) in [6, 6.07) is 3.84. The molecule has 1 heterocycles. The second-order valence-corrected chi connectivity index (χ2v) is 6.38. The second-order valence-electron chi connectivity index (χ2n) is 3.34. The summed E-state index contributed by atoms with van der Waals surface area (Å²) < 4.78 is 1.25. The summed E-state index contributed by atoms with van der Waals surface area (Å²) >= 11 is 0.492. The molecule has 1 unspecified atom stereocenters. The van der Waals surface area contributed by atoms with E-state index in [0.29, 0.717) is 20.7 Å². The average molecular weight is 227 g/mol. The average Bonchev–Trinajstić information content (AvgIpc) is 2.41. The van der Waals surface area contributed by atoms with Crippen molar-refractivity contribution < 1.29 is 5.11 Å². The van der Waals surface area contributed by atoms with Gasteiger partial charge < -0.3 is 0 Å². The number of phenolic OH excluding ortho intramolecular Hbond substituents is 1. The Hall–Kier alpha value is -0.461. The molecule has 1 N–H and O–H groups in total. The summed E-state index contributed by atoms with van der Waals surface area (Å²) in [5.41, 5.74) is 2.75. The van der Waals surface area contributed by atoms with E-state index >= 15 is 0 Å². The molecule has 0 saturated carbocycles. The predicted octanol–water partition coefficient (Wildman–Crippen LogP) is 1.39. The third-order valence-electron chi connectivity index (χ3n) is 2.28. The van der Waals surface area contributed by atoms with E-state index in [0.717, 1.165) is 11.2 Å². The number of fused-ring (bicyclic) bond motifs is 1. The molecule has 0 aromatic heterocycles. The SMILES string of the molecule is Cc1ccc(O)c2c1CC(C)[Se]2. The zero-order chi connectivity index (χ0) is 8.72. The van der Waals surface area contributed by atoms with Gasteiger partial charge in [0.15, 0.2) is 0 Å². The molecule has 0 amide bonds. The van der Waals surface area contributed by atoms with Crippen LogP contribution in [0.4, 0.5) is 0 Å². The van der Waals surface area contributed by atoms with Crippen LogP contribution >= 0.6 is 0 Å². The number of hydrogen-bond donors (Lipinski definition) is 1. The van der Waals surface area contributed by atoms with Crippen molar-refractivity contribution in [2.45, 2.75) is 25.1 Å². The second kappa shape index (κ2) is 2.79. The van der Waals surface area contributed by atoms with E-state index in [1.807, 2.05) is 12.1 Å². The molecule has 1 aromatic carbocycles. The van der Waals surface area contributed by atoms with Crippen LogP contribution in [0.3, 0.4) is 0 Å². The van der Waals surface area contributed by atoms with Gasteiger partial charge in [-0.2, -0.15) is 0 Å². The van der Waals surface area contributed by atoms with Crippen LogP contribution in [-0.2, 0) is 6.42 Å². The molecule has 1 nitrogen and oxygen atoms in total. The topological polar surface area (TPSA) is 20.2 Å². The number of rotatable bonds is 0. The Morgan fingerprint density at radius 1 is 1.50 bits per heavy atom. The fourth-order valence-electron chi connectivity index (χ4n) is 1.63. The summed E-state index contributed by atoms with van der Waals surface area (Å²) in [6.45, 7) is 4.39. The van der Waals surface area contributed by atoms with Gasteiger partial charge in [-0.05, 0) is 0 Å². The summed E-state index contributed by atoms with van der Waals surface area (Å²) in [7, 11) is 0. The molecule has 64 valence electrons. The van der Waals surface area contributed by atoms with E-state index in [9.17, 15) is 5.11 Å². The molecule has 0 fully saturated rings. The van der Waals surface area contributed by atoms with Gasteiger partial charge in [-0.3, -0.25) is 0 Å². The van der Waals surface area contributed by atoms with E-state index in [-0.39, 0.29) is 0 Å². The fraction of sp³-hybridized carbons (Fsp3) is 0.400. The van der Waals surface area contributed by atoms with Gasteiger partial charge >= 0.3 is 78.6 Å². The third kappa shape index (κ3) is 1.16. The minimum absolute atomic E-state index is 0.492. The standard InChI is InChI=1S/C10H12OSe/c1-6-3-4-9(11)10-8(6)5-7(2)12-10/h3-4,7,11H,5H2,1-2H3. The molecular formula is C10H12OSe. The normalized spacial score (nSPS) is 21.0. The molecule has 12 heavy (non-hydrogen) atoms. The molecule has 1 aromatic rings. The molecule has 0 bridgehead atoms. The number of aryl methyl sites for hydroxylation is 1. The van der Waals surface area contributed by atoms with Gasteiger partial charge in [0.25, 0.3) is 0 Å². The number of benzene rings is 1. The van der Waals surface area contributed by atoms with Crippen LogP contribution < -0.4 is 4.46 Å². The molecule has 1 aliphatic rings. The van der Waals surface area contributed by atoms with Crippen molar-refractivity contribution in [3.8, 4) is 5.75 Å². The summed E-state index contributed by atoms with van der Waals surface area (Å²) in [5, 5.41) is 9.59. The van der Waals surface area contributed by atoms with Crippen LogP contribution in [-0.4, -0.2) is 20.1 Å². The minimum atomic E-state index is 0.492. The Kier molecular flexibility index (Phi) is 1.90. The molecule has 1 aliphatic heterocycles. The van der Waals surface area contributed by atoms with Crippen LogP contribution in [0, 0.1) is 6.92 Å². The van der Waals surface area contributed by atoms with E-state index in [2.05, 4.69) is 13.8 Å². The molecule has 0 saturated heterocycles. The Bertz CT molecular complexity index is 289. The van der Waals surface area contributed by atoms with Gasteiger partial charge in [-0.25, -0.2) is 0 Å². The molecular weight excluding hydrogens is 215 g/mol. The molecule has 0 aliphatic carbocycles. The van der Waals surface area contributed by atoms with Crippen LogP contribution in [0.2, 0.25) is 4.82 Å². The van der Waals surface area contributed by atoms with Crippen molar-refractivity contribution in [1.82, 2.24) is 0 Å². The van der Waals surface area contributed by atoms with Gasteiger partial charge in [0.2, 0.25) is 0 Å². The fourth-order valence-corrected chi connectivity index (χ4v) is 4.21. The first kappa shape index (κ1) is 8.15. The van der Waals surface area contributed by atoms with E-state index < -0.39 is 0 Å². The summed E-state index contributed by atoms with van der Waals surface area (Å²) in [5.74, 6) is 0.514. The summed E-state index contributed by atoms with van der Waals surface area (Å²) in [6.07, 6.45) is 1.16. The summed E-state index contributed by atoms with van der Waals surface area (Å²) in [4.78, 5) is 0.763. The monoisotopic (exact) mass is 228 g/mol. The Morgan fingerprint density at radius 2 is 2.25 bits per heavy atom.